The number of morpholine rings is 1. The van der Waals surface area contributed by atoms with Crippen molar-refractivity contribution in [3.63, 3.8) is 0 Å². The van der Waals surface area contributed by atoms with E-state index in [1.165, 1.54) is 0 Å². The third kappa shape index (κ3) is 3.71. The van der Waals surface area contributed by atoms with E-state index in [0.717, 1.165) is 31.1 Å². The lowest BCUT2D eigenvalue weighted by atomic mass is 9.94. The minimum atomic E-state index is 0.00561. The highest BCUT2D eigenvalue weighted by Gasteiger charge is 2.36. The average molecular weight is 309 g/mol. The summed E-state index contributed by atoms with van der Waals surface area (Å²) < 4.78 is 6.00. The Bertz CT molecular complexity index is 459. The minimum Gasteiger partial charge on any atom is -0.373 e. The zero-order valence-corrected chi connectivity index (χ0v) is 14.6. The molecular weight excluding hydrogens is 282 g/mol. The number of anilines is 1. The molecule has 21 heavy (non-hydrogen) atoms. The predicted molar refractivity (Wildman–Crippen MR) is 91.4 cm³/mol. The molecule has 0 aliphatic carbocycles. The molecule has 1 aromatic heterocycles. The van der Waals surface area contributed by atoms with Gasteiger partial charge < -0.3 is 14.5 Å². The fourth-order valence-electron chi connectivity index (χ4n) is 2.43. The summed E-state index contributed by atoms with van der Waals surface area (Å²) in [5.74, 6) is 0. The summed E-state index contributed by atoms with van der Waals surface area (Å²) >= 11 is 4.42. The van der Waals surface area contributed by atoms with E-state index < -0.39 is 0 Å². The van der Waals surface area contributed by atoms with Crippen LogP contribution in [0.15, 0.2) is 18.3 Å². The van der Waals surface area contributed by atoms with E-state index in [9.17, 15) is 0 Å². The molecule has 1 aromatic rings. The van der Waals surface area contributed by atoms with Gasteiger partial charge in [0, 0.05) is 23.9 Å². The first kappa shape index (κ1) is 16.6. The van der Waals surface area contributed by atoms with E-state index in [1.54, 1.807) is 0 Å². The number of aromatic nitrogens is 1. The number of pyridine rings is 1. The first-order valence-corrected chi connectivity index (χ1v) is 8.02. The fourth-order valence-corrected chi connectivity index (χ4v) is 2.58. The number of likely N-dealkylation sites (N-methyl/N-ethyl adjacent to an activating group) is 1. The van der Waals surface area contributed by atoms with Crippen LogP contribution in [0.4, 0.5) is 5.69 Å². The molecule has 118 valence electrons. The van der Waals surface area contributed by atoms with Crippen LogP contribution in [-0.2, 0) is 4.74 Å². The van der Waals surface area contributed by atoms with Crippen molar-refractivity contribution >= 4 is 18.3 Å². The number of rotatable bonds is 4. The average Bonchev–Trinajstić information content (AvgIpc) is 2.47. The van der Waals surface area contributed by atoms with Gasteiger partial charge in [0.15, 0.2) is 0 Å². The largest absolute Gasteiger partial charge is 0.373 e. The third-order valence-electron chi connectivity index (χ3n) is 4.57. The van der Waals surface area contributed by atoms with E-state index in [0.29, 0.717) is 0 Å². The topological polar surface area (TPSA) is 28.6 Å². The standard InChI is InChI=1S/C16H27N3OS/c1-12(21)14-7-6-13(10-17-14)19-8-9-20-15(11-19)16(2,3)18(4)5/h6-7,10,12,15,21H,8-9,11H2,1-5H3/t12?,15-/m0/s1. The van der Waals surface area contributed by atoms with Gasteiger partial charge in [0.05, 0.1) is 30.3 Å². The van der Waals surface area contributed by atoms with E-state index in [-0.39, 0.29) is 16.9 Å². The van der Waals surface area contributed by atoms with Crippen LogP contribution in [-0.4, -0.2) is 55.3 Å². The van der Waals surface area contributed by atoms with Crippen LogP contribution < -0.4 is 4.90 Å². The fraction of sp³-hybridized carbons (Fsp3) is 0.688. The van der Waals surface area contributed by atoms with Crippen LogP contribution in [0.1, 0.15) is 31.7 Å². The second-order valence-corrected chi connectivity index (χ2v) is 7.25. The Labute approximate surface area is 133 Å². The van der Waals surface area contributed by atoms with Crippen LogP contribution in [0, 0.1) is 0 Å². The summed E-state index contributed by atoms with van der Waals surface area (Å²) in [4.78, 5) is 9.09. The number of hydrogen-bond acceptors (Lipinski definition) is 5. The van der Waals surface area contributed by atoms with E-state index in [4.69, 9.17) is 4.74 Å². The maximum absolute atomic E-state index is 6.00. The van der Waals surface area contributed by atoms with Gasteiger partial charge in [-0.2, -0.15) is 12.6 Å². The Morgan fingerprint density at radius 2 is 2.14 bits per heavy atom. The van der Waals surface area contributed by atoms with E-state index in [1.807, 2.05) is 13.1 Å². The number of hydrogen-bond donors (Lipinski definition) is 1. The van der Waals surface area contributed by atoms with Gasteiger partial charge in [0.1, 0.15) is 0 Å². The zero-order chi connectivity index (χ0) is 15.6. The molecule has 2 heterocycles. The van der Waals surface area contributed by atoms with Gasteiger partial charge >= 0.3 is 0 Å². The van der Waals surface area contributed by atoms with Crippen molar-refractivity contribution in [2.75, 3.05) is 38.7 Å². The first-order valence-electron chi connectivity index (χ1n) is 7.50. The van der Waals surface area contributed by atoms with Crippen LogP contribution >= 0.6 is 12.6 Å². The Morgan fingerprint density at radius 3 is 2.67 bits per heavy atom. The molecule has 0 radical (unpaired) electrons. The number of thiol groups is 1. The van der Waals surface area contributed by atoms with Crippen molar-refractivity contribution in [1.29, 1.82) is 0 Å². The molecular formula is C16H27N3OS. The van der Waals surface area contributed by atoms with Crippen molar-refractivity contribution < 1.29 is 4.74 Å². The number of nitrogens with zero attached hydrogens (tertiary/aromatic N) is 3. The molecule has 0 aromatic carbocycles. The van der Waals surface area contributed by atoms with Gasteiger partial charge in [-0.25, -0.2) is 0 Å². The van der Waals surface area contributed by atoms with E-state index >= 15 is 0 Å². The lowest BCUT2D eigenvalue weighted by molar-refractivity contribution is -0.0484. The molecule has 2 atom stereocenters. The molecule has 1 fully saturated rings. The molecule has 2 rings (SSSR count). The zero-order valence-electron chi connectivity index (χ0n) is 13.7. The summed E-state index contributed by atoms with van der Waals surface area (Å²) in [6, 6.07) is 4.20. The quantitative estimate of drug-likeness (QED) is 0.866. The molecule has 1 aliphatic heterocycles. The Morgan fingerprint density at radius 1 is 1.43 bits per heavy atom. The summed E-state index contributed by atoms with van der Waals surface area (Å²) in [7, 11) is 4.21. The lowest BCUT2D eigenvalue weighted by Crippen LogP contribution is -2.57. The molecule has 0 saturated carbocycles. The SMILES string of the molecule is CC(S)c1ccc(N2CCO[C@H](C(C)(C)N(C)C)C2)cn1. The monoisotopic (exact) mass is 309 g/mol. The number of ether oxygens (including phenoxy) is 1. The molecule has 0 spiro atoms. The second-order valence-electron chi connectivity index (χ2n) is 6.47. The summed E-state index contributed by atoms with van der Waals surface area (Å²) in [6.45, 7) is 9.05. The van der Waals surface area contributed by atoms with Crippen molar-refractivity contribution in [3.05, 3.63) is 24.0 Å². The minimum absolute atomic E-state index is 0.00561. The van der Waals surface area contributed by atoms with Gasteiger partial charge in [0.25, 0.3) is 0 Å². The van der Waals surface area contributed by atoms with Gasteiger partial charge in [0.2, 0.25) is 0 Å². The lowest BCUT2D eigenvalue weighted by Gasteiger charge is -2.45. The summed E-state index contributed by atoms with van der Waals surface area (Å²) in [5.41, 5.74) is 2.18. The van der Waals surface area contributed by atoms with Gasteiger partial charge in [-0.1, -0.05) is 0 Å². The molecule has 4 nitrogen and oxygen atoms in total. The summed E-state index contributed by atoms with van der Waals surface area (Å²) in [6.07, 6.45) is 2.14. The van der Waals surface area contributed by atoms with E-state index in [2.05, 4.69) is 67.5 Å². The molecule has 1 aliphatic rings. The molecule has 0 N–H and O–H groups in total. The smallest absolute Gasteiger partial charge is 0.0928 e. The van der Waals surface area contributed by atoms with Gasteiger partial charge in [-0.3, -0.25) is 4.98 Å². The molecule has 0 bridgehead atoms. The molecule has 1 saturated heterocycles. The first-order chi connectivity index (χ1) is 9.82. The van der Waals surface area contributed by atoms with Gasteiger partial charge in [-0.15, -0.1) is 0 Å². The van der Waals surface area contributed by atoms with Crippen LogP contribution in [0.25, 0.3) is 0 Å². The highest BCUT2D eigenvalue weighted by Crippen LogP contribution is 2.26. The summed E-state index contributed by atoms with van der Waals surface area (Å²) in [5, 5.41) is 0.171. The van der Waals surface area contributed by atoms with Crippen LogP contribution in [0.3, 0.4) is 0 Å². The van der Waals surface area contributed by atoms with Crippen LogP contribution in [0.5, 0.6) is 0 Å². The Hall–Kier alpha value is -0.780. The highest BCUT2D eigenvalue weighted by molar-refractivity contribution is 7.80. The normalized spacial score (nSPS) is 21.7. The van der Waals surface area contributed by atoms with Crippen LogP contribution in [0.2, 0.25) is 0 Å². The predicted octanol–water partition coefficient (Wildman–Crippen LogP) is 2.62. The molecule has 5 heteroatoms. The van der Waals surface area contributed by atoms with Gasteiger partial charge in [-0.05, 0) is 47.0 Å². The maximum atomic E-state index is 6.00. The Balaban J connectivity index is 2.10. The van der Waals surface area contributed by atoms with Crippen molar-refractivity contribution in [2.24, 2.45) is 0 Å². The Kier molecular flexibility index (Phi) is 5.17. The maximum Gasteiger partial charge on any atom is 0.0928 e. The second kappa shape index (κ2) is 6.55. The van der Waals surface area contributed by atoms with Crippen molar-refractivity contribution in [1.82, 2.24) is 9.88 Å². The van der Waals surface area contributed by atoms with Crippen molar-refractivity contribution in [3.8, 4) is 0 Å². The highest BCUT2D eigenvalue weighted by atomic mass is 32.1. The van der Waals surface area contributed by atoms with Crippen molar-refractivity contribution in [2.45, 2.75) is 37.7 Å². The molecule has 1 unspecified atom stereocenters. The molecule has 0 amide bonds. The third-order valence-corrected chi connectivity index (χ3v) is 4.84.